The number of carbonyl (C=O) groups is 1. The van der Waals surface area contributed by atoms with Crippen LogP contribution in [0.25, 0.3) is 10.4 Å². The Morgan fingerprint density at radius 1 is 1.26 bits per heavy atom. The van der Waals surface area contributed by atoms with E-state index >= 15 is 0 Å². The Hall–Kier alpha value is -2.78. The molecule has 6 nitrogen and oxygen atoms in total. The van der Waals surface area contributed by atoms with E-state index in [-0.39, 0.29) is 26.8 Å². The number of hydrogen-bond acceptors (Lipinski definition) is 5. The second kappa shape index (κ2) is 7.45. The minimum Gasteiger partial charge on any atom is -0.465 e. The zero-order chi connectivity index (χ0) is 19.6. The molecular formula is C18H15FN2O4S2. The molecule has 0 radical (unpaired) electrons. The summed E-state index contributed by atoms with van der Waals surface area (Å²) < 4.78 is 40.5. The van der Waals surface area contributed by atoms with Gasteiger partial charge in [0.15, 0.2) is 0 Å². The molecule has 1 aromatic carbocycles. The third-order valence-corrected chi connectivity index (χ3v) is 6.87. The van der Waals surface area contributed by atoms with Crippen molar-refractivity contribution in [1.29, 1.82) is 0 Å². The van der Waals surface area contributed by atoms with Crippen LogP contribution in [0.2, 0.25) is 0 Å². The molecule has 0 spiro atoms. The smallest absolute Gasteiger partial charge is 0.407 e. The van der Waals surface area contributed by atoms with Crippen molar-refractivity contribution in [3.8, 4) is 10.4 Å². The van der Waals surface area contributed by atoms with Crippen LogP contribution in [0.5, 0.6) is 0 Å². The highest BCUT2D eigenvalue weighted by atomic mass is 32.2. The van der Waals surface area contributed by atoms with Crippen molar-refractivity contribution in [3.63, 3.8) is 0 Å². The summed E-state index contributed by atoms with van der Waals surface area (Å²) in [6, 6.07) is 10.2. The van der Waals surface area contributed by atoms with E-state index in [2.05, 4.69) is 4.98 Å². The number of amides is 1. The number of benzene rings is 1. The van der Waals surface area contributed by atoms with E-state index in [1.54, 1.807) is 6.07 Å². The molecule has 1 N–H and O–H groups in total. The van der Waals surface area contributed by atoms with Crippen molar-refractivity contribution in [2.45, 2.75) is 16.3 Å². The summed E-state index contributed by atoms with van der Waals surface area (Å²) in [6.07, 6.45) is 1.53. The van der Waals surface area contributed by atoms with Crippen molar-refractivity contribution < 1.29 is 22.7 Å². The molecule has 0 atom stereocenters. The van der Waals surface area contributed by atoms with Gasteiger partial charge in [-0.1, -0.05) is 18.2 Å². The summed E-state index contributed by atoms with van der Waals surface area (Å²) in [5, 5.41) is 9.06. The van der Waals surface area contributed by atoms with Crippen molar-refractivity contribution in [2.24, 2.45) is 0 Å². The van der Waals surface area contributed by atoms with Crippen LogP contribution in [0.3, 0.4) is 0 Å². The maximum Gasteiger partial charge on any atom is 0.407 e. The largest absolute Gasteiger partial charge is 0.465 e. The lowest BCUT2D eigenvalue weighted by molar-refractivity contribution is 0.154. The van der Waals surface area contributed by atoms with Gasteiger partial charge in [-0.25, -0.2) is 17.6 Å². The molecule has 0 aliphatic rings. The lowest BCUT2D eigenvalue weighted by Gasteiger charge is -2.10. The standard InChI is InChI=1S/C18H15FN2O4S2/c1-21(18(22)23)11-12-9-16(27(24,25)13-5-4-8-20-10-13)17(26-12)14-6-2-3-7-15(14)19/h2-10H,11H2,1H3,(H,22,23). The maximum atomic E-state index is 14.3. The molecule has 2 heterocycles. The zero-order valence-electron chi connectivity index (χ0n) is 14.2. The second-order valence-electron chi connectivity index (χ2n) is 5.72. The fourth-order valence-electron chi connectivity index (χ4n) is 2.47. The summed E-state index contributed by atoms with van der Waals surface area (Å²) in [7, 11) is -2.58. The summed E-state index contributed by atoms with van der Waals surface area (Å²) in [5.74, 6) is -0.555. The first kappa shape index (κ1) is 19.0. The number of thiophene rings is 1. The zero-order valence-corrected chi connectivity index (χ0v) is 15.8. The molecule has 3 aromatic rings. The Morgan fingerprint density at radius 2 is 2.00 bits per heavy atom. The van der Waals surface area contributed by atoms with Crippen molar-refractivity contribution in [2.75, 3.05) is 7.05 Å². The first-order valence-electron chi connectivity index (χ1n) is 7.77. The molecule has 2 aromatic heterocycles. The lowest BCUT2D eigenvalue weighted by Crippen LogP contribution is -2.23. The van der Waals surface area contributed by atoms with E-state index in [4.69, 9.17) is 5.11 Å². The summed E-state index contributed by atoms with van der Waals surface area (Å²) >= 11 is 1.05. The average molecular weight is 406 g/mol. The first-order valence-corrected chi connectivity index (χ1v) is 10.1. The Kier molecular flexibility index (Phi) is 5.24. The van der Waals surface area contributed by atoms with Gasteiger partial charge >= 0.3 is 6.09 Å². The number of aromatic nitrogens is 1. The van der Waals surface area contributed by atoms with Gasteiger partial charge in [0.1, 0.15) is 5.82 Å². The van der Waals surface area contributed by atoms with E-state index in [0.717, 1.165) is 16.2 Å². The fourth-order valence-corrected chi connectivity index (χ4v) is 5.49. The SMILES string of the molecule is CN(Cc1cc(S(=O)(=O)c2cccnc2)c(-c2ccccc2F)s1)C(=O)O. The van der Waals surface area contributed by atoms with E-state index in [0.29, 0.717) is 4.88 Å². The van der Waals surface area contributed by atoms with Crippen LogP contribution in [0, 0.1) is 5.82 Å². The monoisotopic (exact) mass is 406 g/mol. The van der Waals surface area contributed by atoms with E-state index in [9.17, 15) is 17.6 Å². The van der Waals surface area contributed by atoms with E-state index in [1.807, 2.05) is 0 Å². The van der Waals surface area contributed by atoms with Gasteiger partial charge < -0.3 is 10.0 Å². The Balaban J connectivity index is 2.18. The van der Waals surface area contributed by atoms with Crippen LogP contribution in [-0.2, 0) is 16.4 Å². The molecular weight excluding hydrogens is 391 g/mol. The predicted octanol–water partition coefficient (Wildman–Crippen LogP) is 3.89. The highest BCUT2D eigenvalue weighted by Crippen LogP contribution is 2.39. The molecule has 9 heteroatoms. The van der Waals surface area contributed by atoms with Gasteiger partial charge in [-0.15, -0.1) is 11.3 Å². The number of sulfone groups is 1. The molecule has 3 rings (SSSR count). The number of halogens is 1. The first-order chi connectivity index (χ1) is 12.8. The van der Waals surface area contributed by atoms with Crippen LogP contribution in [0.1, 0.15) is 4.88 Å². The van der Waals surface area contributed by atoms with Gasteiger partial charge in [0.05, 0.1) is 21.2 Å². The number of nitrogens with zero attached hydrogens (tertiary/aromatic N) is 2. The molecule has 140 valence electrons. The minimum atomic E-state index is -3.95. The third kappa shape index (κ3) is 3.83. The third-order valence-electron chi connectivity index (χ3n) is 3.82. The number of rotatable bonds is 5. The molecule has 0 unspecified atom stereocenters. The quantitative estimate of drug-likeness (QED) is 0.694. The minimum absolute atomic E-state index is 0.00991. The van der Waals surface area contributed by atoms with Crippen LogP contribution in [-0.4, -0.2) is 36.5 Å². The number of pyridine rings is 1. The van der Waals surface area contributed by atoms with E-state index in [1.165, 1.54) is 55.8 Å². The second-order valence-corrected chi connectivity index (χ2v) is 8.77. The van der Waals surface area contributed by atoms with Crippen molar-refractivity contribution >= 4 is 27.3 Å². The van der Waals surface area contributed by atoms with Crippen molar-refractivity contribution in [3.05, 3.63) is 65.6 Å². The highest BCUT2D eigenvalue weighted by Gasteiger charge is 2.27. The van der Waals surface area contributed by atoms with Crippen molar-refractivity contribution in [1.82, 2.24) is 9.88 Å². The highest BCUT2D eigenvalue weighted by molar-refractivity contribution is 7.91. The van der Waals surface area contributed by atoms with Crippen LogP contribution >= 0.6 is 11.3 Å². The van der Waals surface area contributed by atoms with Crippen LogP contribution < -0.4 is 0 Å². The van der Waals surface area contributed by atoms with Gasteiger partial charge in [0.25, 0.3) is 0 Å². The topological polar surface area (TPSA) is 87.6 Å². The molecule has 0 aliphatic heterocycles. The van der Waals surface area contributed by atoms with Gasteiger partial charge in [0, 0.05) is 29.9 Å². The summed E-state index contributed by atoms with van der Waals surface area (Å²) in [5.41, 5.74) is 0.147. The average Bonchev–Trinajstić information content (AvgIpc) is 3.07. The van der Waals surface area contributed by atoms with Gasteiger partial charge in [-0.3, -0.25) is 4.98 Å². The van der Waals surface area contributed by atoms with Crippen LogP contribution in [0.15, 0.2) is 64.6 Å². The molecule has 0 saturated carbocycles. The Bertz CT molecular complexity index is 1080. The molecule has 1 amide bonds. The Morgan fingerprint density at radius 3 is 2.63 bits per heavy atom. The summed E-state index contributed by atoms with van der Waals surface area (Å²) in [6.45, 7) is -0.00991. The molecule has 0 saturated heterocycles. The van der Waals surface area contributed by atoms with Gasteiger partial charge in [-0.05, 0) is 24.3 Å². The lowest BCUT2D eigenvalue weighted by atomic mass is 10.2. The summed E-state index contributed by atoms with van der Waals surface area (Å²) in [4.78, 5) is 16.6. The van der Waals surface area contributed by atoms with E-state index < -0.39 is 21.7 Å². The van der Waals surface area contributed by atoms with Gasteiger partial charge in [0.2, 0.25) is 9.84 Å². The predicted molar refractivity (Wildman–Crippen MR) is 98.9 cm³/mol. The van der Waals surface area contributed by atoms with Gasteiger partial charge in [-0.2, -0.15) is 0 Å². The maximum absolute atomic E-state index is 14.3. The van der Waals surface area contributed by atoms with Crippen LogP contribution in [0.4, 0.5) is 9.18 Å². The molecule has 0 fully saturated rings. The number of carboxylic acid groups (broad SMARTS) is 1. The fraction of sp³-hybridized carbons (Fsp3) is 0.111. The Labute approximate surface area is 159 Å². The molecule has 0 bridgehead atoms. The molecule has 0 aliphatic carbocycles. The number of hydrogen-bond donors (Lipinski definition) is 1. The molecule has 27 heavy (non-hydrogen) atoms. The normalized spacial score (nSPS) is 11.3.